The zero-order chi connectivity index (χ0) is 11.2. The summed E-state index contributed by atoms with van der Waals surface area (Å²) in [6, 6.07) is 3.97. The SMILES string of the molecule is CNCCCn1ccnc1-c1ccncc1. The molecule has 84 valence electrons. The fraction of sp³-hybridized carbons (Fsp3) is 0.333. The van der Waals surface area contributed by atoms with Gasteiger partial charge in [-0.1, -0.05) is 0 Å². The van der Waals surface area contributed by atoms with Crippen molar-refractivity contribution in [3.05, 3.63) is 36.9 Å². The lowest BCUT2D eigenvalue weighted by Gasteiger charge is -2.07. The Morgan fingerprint density at radius 2 is 2.06 bits per heavy atom. The molecule has 0 fully saturated rings. The number of rotatable bonds is 5. The molecular formula is C12H16N4. The van der Waals surface area contributed by atoms with Gasteiger partial charge in [0.25, 0.3) is 0 Å². The van der Waals surface area contributed by atoms with Gasteiger partial charge in [0.15, 0.2) is 0 Å². The second kappa shape index (κ2) is 5.42. The Kier molecular flexibility index (Phi) is 3.66. The molecule has 0 aliphatic heterocycles. The molecule has 0 atom stereocenters. The van der Waals surface area contributed by atoms with E-state index in [1.54, 1.807) is 12.4 Å². The zero-order valence-electron chi connectivity index (χ0n) is 9.43. The normalized spacial score (nSPS) is 10.6. The van der Waals surface area contributed by atoms with Crippen LogP contribution in [0, 0.1) is 0 Å². The lowest BCUT2D eigenvalue weighted by atomic mass is 10.2. The van der Waals surface area contributed by atoms with Crippen molar-refractivity contribution in [3.8, 4) is 11.4 Å². The van der Waals surface area contributed by atoms with Crippen molar-refractivity contribution in [2.24, 2.45) is 0 Å². The van der Waals surface area contributed by atoms with Gasteiger partial charge in [-0.25, -0.2) is 4.98 Å². The second-order valence-electron chi connectivity index (χ2n) is 3.64. The van der Waals surface area contributed by atoms with Gasteiger partial charge in [0.2, 0.25) is 0 Å². The van der Waals surface area contributed by atoms with Crippen LogP contribution in [0.5, 0.6) is 0 Å². The fourth-order valence-electron chi connectivity index (χ4n) is 1.68. The van der Waals surface area contributed by atoms with Gasteiger partial charge in [0.05, 0.1) is 0 Å². The number of hydrogen-bond donors (Lipinski definition) is 1. The Morgan fingerprint density at radius 1 is 1.25 bits per heavy atom. The maximum absolute atomic E-state index is 4.38. The lowest BCUT2D eigenvalue weighted by Crippen LogP contribution is -2.11. The first-order chi connectivity index (χ1) is 7.92. The molecule has 0 saturated carbocycles. The molecule has 0 amide bonds. The van der Waals surface area contributed by atoms with Crippen LogP contribution in [0.4, 0.5) is 0 Å². The molecular weight excluding hydrogens is 200 g/mol. The number of aryl methyl sites for hydroxylation is 1. The number of hydrogen-bond acceptors (Lipinski definition) is 3. The predicted octanol–water partition coefficient (Wildman–Crippen LogP) is 1.55. The summed E-state index contributed by atoms with van der Waals surface area (Å²) in [7, 11) is 1.97. The number of aromatic nitrogens is 3. The molecule has 0 radical (unpaired) electrons. The smallest absolute Gasteiger partial charge is 0.139 e. The number of imidazole rings is 1. The summed E-state index contributed by atoms with van der Waals surface area (Å²) in [4.78, 5) is 8.39. The molecule has 4 nitrogen and oxygen atoms in total. The Hall–Kier alpha value is -1.68. The van der Waals surface area contributed by atoms with E-state index in [2.05, 4.69) is 19.9 Å². The van der Waals surface area contributed by atoms with E-state index in [0.717, 1.165) is 30.9 Å². The van der Waals surface area contributed by atoms with Gasteiger partial charge in [-0.3, -0.25) is 4.98 Å². The molecule has 0 aliphatic carbocycles. The van der Waals surface area contributed by atoms with E-state index in [1.165, 1.54) is 0 Å². The van der Waals surface area contributed by atoms with Gasteiger partial charge in [-0.05, 0) is 32.1 Å². The van der Waals surface area contributed by atoms with Crippen LogP contribution in [-0.2, 0) is 6.54 Å². The van der Waals surface area contributed by atoms with Gasteiger partial charge in [-0.15, -0.1) is 0 Å². The van der Waals surface area contributed by atoms with Gasteiger partial charge in [0, 0.05) is 36.9 Å². The van der Waals surface area contributed by atoms with Gasteiger partial charge >= 0.3 is 0 Å². The number of nitrogens with zero attached hydrogens (tertiary/aromatic N) is 3. The predicted molar refractivity (Wildman–Crippen MR) is 64.0 cm³/mol. The average Bonchev–Trinajstić information content (AvgIpc) is 2.79. The Labute approximate surface area is 95.4 Å². The molecule has 2 aromatic rings. The minimum absolute atomic E-state index is 0.985. The van der Waals surface area contributed by atoms with Crippen molar-refractivity contribution in [1.82, 2.24) is 19.9 Å². The molecule has 0 aliphatic rings. The maximum atomic E-state index is 4.38. The van der Waals surface area contributed by atoms with Crippen LogP contribution in [0.25, 0.3) is 11.4 Å². The summed E-state index contributed by atoms with van der Waals surface area (Å²) < 4.78 is 2.17. The molecule has 2 rings (SSSR count). The summed E-state index contributed by atoms with van der Waals surface area (Å²) in [5, 5.41) is 3.15. The first-order valence-electron chi connectivity index (χ1n) is 5.48. The average molecular weight is 216 g/mol. The van der Waals surface area contributed by atoms with E-state index in [1.807, 2.05) is 31.6 Å². The molecule has 0 aromatic carbocycles. The second-order valence-corrected chi connectivity index (χ2v) is 3.64. The Balaban J connectivity index is 2.13. The Bertz CT molecular complexity index is 422. The highest BCUT2D eigenvalue weighted by atomic mass is 15.1. The summed E-state index contributed by atoms with van der Waals surface area (Å²) in [6.07, 6.45) is 8.55. The molecule has 0 saturated heterocycles. The summed E-state index contributed by atoms with van der Waals surface area (Å²) >= 11 is 0. The molecule has 0 bridgehead atoms. The monoisotopic (exact) mass is 216 g/mol. The van der Waals surface area contributed by atoms with Crippen molar-refractivity contribution in [2.45, 2.75) is 13.0 Å². The van der Waals surface area contributed by atoms with E-state index in [4.69, 9.17) is 0 Å². The topological polar surface area (TPSA) is 42.7 Å². The van der Waals surface area contributed by atoms with Crippen LogP contribution >= 0.6 is 0 Å². The highest BCUT2D eigenvalue weighted by Crippen LogP contribution is 2.15. The lowest BCUT2D eigenvalue weighted by molar-refractivity contribution is 0.617. The third kappa shape index (κ3) is 2.46. The molecule has 1 N–H and O–H groups in total. The minimum Gasteiger partial charge on any atom is -0.331 e. The van der Waals surface area contributed by atoms with Gasteiger partial charge < -0.3 is 9.88 Å². The molecule has 0 unspecified atom stereocenters. The van der Waals surface area contributed by atoms with E-state index in [9.17, 15) is 0 Å². The van der Waals surface area contributed by atoms with Crippen LogP contribution in [-0.4, -0.2) is 28.1 Å². The fourth-order valence-corrected chi connectivity index (χ4v) is 1.68. The Morgan fingerprint density at radius 3 is 2.81 bits per heavy atom. The van der Waals surface area contributed by atoms with Crippen LogP contribution < -0.4 is 5.32 Å². The maximum Gasteiger partial charge on any atom is 0.139 e. The molecule has 4 heteroatoms. The third-order valence-electron chi connectivity index (χ3n) is 2.48. The standard InChI is InChI=1S/C12H16N4/c1-13-5-2-9-16-10-8-15-12(16)11-3-6-14-7-4-11/h3-4,6-8,10,13H,2,5,9H2,1H3. The van der Waals surface area contributed by atoms with Crippen molar-refractivity contribution in [1.29, 1.82) is 0 Å². The minimum atomic E-state index is 0.985. The first kappa shape index (κ1) is 10.8. The van der Waals surface area contributed by atoms with Crippen LogP contribution in [0.3, 0.4) is 0 Å². The van der Waals surface area contributed by atoms with Gasteiger partial charge in [-0.2, -0.15) is 0 Å². The van der Waals surface area contributed by atoms with Gasteiger partial charge in [0.1, 0.15) is 5.82 Å². The van der Waals surface area contributed by atoms with E-state index < -0.39 is 0 Å². The quantitative estimate of drug-likeness (QED) is 0.771. The van der Waals surface area contributed by atoms with Crippen LogP contribution in [0.2, 0.25) is 0 Å². The van der Waals surface area contributed by atoms with Crippen LogP contribution in [0.15, 0.2) is 36.9 Å². The number of pyridine rings is 1. The molecule has 0 spiro atoms. The van der Waals surface area contributed by atoms with Crippen LogP contribution in [0.1, 0.15) is 6.42 Å². The first-order valence-corrected chi connectivity index (χ1v) is 5.48. The summed E-state index contributed by atoms with van der Waals surface area (Å²) in [6.45, 7) is 2.01. The molecule has 16 heavy (non-hydrogen) atoms. The zero-order valence-corrected chi connectivity index (χ0v) is 9.43. The van der Waals surface area contributed by atoms with E-state index in [-0.39, 0.29) is 0 Å². The van der Waals surface area contributed by atoms with Crippen molar-refractivity contribution < 1.29 is 0 Å². The third-order valence-corrected chi connectivity index (χ3v) is 2.48. The summed E-state index contributed by atoms with van der Waals surface area (Å²) in [5.74, 6) is 1.01. The highest BCUT2D eigenvalue weighted by Gasteiger charge is 2.04. The highest BCUT2D eigenvalue weighted by molar-refractivity contribution is 5.54. The molecule has 2 heterocycles. The van der Waals surface area contributed by atoms with Crippen molar-refractivity contribution in [2.75, 3.05) is 13.6 Å². The molecule has 2 aromatic heterocycles. The van der Waals surface area contributed by atoms with E-state index >= 15 is 0 Å². The summed E-state index contributed by atoms with van der Waals surface area (Å²) in [5.41, 5.74) is 1.12. The van der Waals surface area contributed by atoms with Crippen molar-refractivity contribution >= 4 is 0 Å². The number of nitrogens with one attached hydrogen (secondary N) is 1. The van der Waals surface area contributed by atoms with E-state index in [0.29, 0.717) is 0 Å². The van der Waals surface area contributed by atoms with Crippen molar-refractivity contribution in [3.63, 3.8) is 0 Å². The largest absolute Gasteiger partial charge is 0.331 e.